The third-order valence-corrected chi connectivity index (χ3v) is 4.43. The molecule has 0 bridgehead atoms. The Morgan fingerprint density at radius 1 is 1.33 bits per heavy atom. The van der Waals surface area contributed by atoms with Gasteiger partial charge in [0, 0.05) is 25.9 Å². The number of hydrogen-bond acceptors (Lipinski definition) is 5. The van der Waals surface area contributed by atoms with Gasteiger partial charge in [0.2, 0.25) is 0 Å². The van der Waals surface area contributed by atoms with Crippen molar-refractivity contribution in [3.05, 3.63) is 16.3 Å². The summed E-state index contributed by atoms with van der Waals surface area (Å²) in [4.78, 5) is 14.7. The lowest BCUT2D eigenvalue weighted by Crippen LogP contribution is -2.47. The van der Waals surface area contributed by atoms with E-state index in [0.29, 0.717) is 36.9 Å². The average molecular weight is 268 g/mol. The highest BCUT2D eigenvalue weighted by molar-refractivity contribution is 7.12. The maximum absolute atomic E-state index is 12.3. The molecular weight excluding hydrogens is 252 g/mol. The van der Waals surface area contributed by atoms with Crippen molar-refractivity contribution >= 4 is 22.9 Å². The van der Waals surface area contributed by atoms with Gasteiger partial charge in [-0.3, -0.25) is 4.79 Å². The van der Waals surface area contributed by atoms with E-state index in [1.54, 1.807) is 6.07 Å². The molecule has 3 rings (SSSR count). The fourth-order valence-corrected chi connectivity index (χ4v) is 3.26. The van der Waals surface area contributed by atoms with Gasteiger partial charge in [0.25, 0.3) is 5.91 Å². The van der Waals surface area contributed by atoms with Crippen molar-refractivity contribution in [1.29, 1.82) is 0 Å². The normalized spacial score (nSPS) is 22.6. The molecule has 5 nitrogen and oxygen atoms in total. The van der Waals surface area contributed by atoms with Gasteiger partial charge in [0.05, 0.1) is 18.9 Å². The van der Waals surface area contributed by atoms with E-state index < -0.39 is 5.79 Å². The first-order chi connectivity index (χ1) is 8.70. The molecule has 3 heterocycles. The lowest BCUT2D eigenvalue weighted by molar-refractivity contribution is -0.181. The van der Waals surface area contributed by atoms with E-state index in [4.69, 9.17) is 15.2 Å². The number of nitrogens with two attached hydrogens (primary N) is 1. The average Bonchev–Trinajstić information content (AvgIpc) is 2.99. The summed E-state index contributed by atoms with van der Waals surface area (Å²) < 4.78 is 11.3. The summed E-state index contributed by atoms with van der Waals surface area (Å²) >= 11 is 1.40. The summed E-state index contributed by atoms with van der Waals surface area (Å²) in [5.74, 6) is -0.409. The number of amides is 1. The number of nitrogen functional groups attached to an aromatic ring is 1. The highest BCUT2D eigenvalue weighted by Gasteiger charge is 2.41. The van der Waals surface area contributed by atoms with Crippen LogP contribution in [0.25, 0.3) is 0 Å². The van der Waals surface area contributed by atoms with E-state index in [2.05, 4.69) is 0 Å². The van der Waals surface area contributed by atoms with Gasteiger partial charge in [0.1, 0.15) is 4.88 Å². The molecule has 2 fully saturated rings. The number of thiophene rings is 1. The van der Waals surface area contributed by atoms with Gasteiger partial charge >= 0.3 is 0 Å². The van der Waals surface area contributed by atoms with Crippen LogP contribution in [0.5, 0.6) is 0 Å². The number of nitrogens with zero attached hydrogens (tertiary/aromatic N) is 1. The molecule has 0 unspecified atom stereocenters. The zero-order valence-electron chi connectivity index (χ0n) is 10.1. The number of likely N-dealkylation sites (tertiary alicyclic amines) is 1. The number of rotatable bonds is 1. The van der Waals surface area contributed by atoms with Crippen molar-refractivity contribution in [2.45, 2.75) is 18.6 Å². The zero-order chi connectivity index (χ0) is 12.6. The third-order valence-electron chi connectivity index (χ3n) is 3.52. The van der Waals surface area contributed by atoms with Gasteiger partial charge in [-0.25, -0.2) is 0 Å². The predicted molar refractivity (Wildman–Crippen MR) is 68.5 cm³/mol. The zero-order valence-corrected chi connectivity index (χ0v) is 10.9. The van der Waals surface area contributed by atoms with Crippen LogP contribution in [-0.4, -0.2) is 42.9 Å². The molecule has 1 aromatic rings. The summed E-state index contributed by atoms with van der Waals surface area (Å²) in [7, 11) is 0. The van der Waals surface area contributed by atoms with Crippen LogP contribution in [0.4, 0.5) is 5.69 Å². The summed E-state index contributed by atoms with van der Waals surface area (Å²) in [6.07, 6.45) is 1.48. The van der Waals surface area contributed by atoms with E-state index >= 15 is 0 Å². The Labute approximate surface area is 109 Å². The molecule has 0 aliphatic carbocycles. The van der Waals surface area contributed by atoms with Crippen LogP contribution >= 0.6 is 11.3 Å². The maximum Gasteiger partial charge on any atom is 0.266 e. The highest BCUT2D eigenvalue weighted by atomic mass is 32.1. The molecule has 2 aliphatic heterocycles. The predicted octanol–water partition coefficient (Wildman–Crippen LogP) is 1.31. The molecule has 0 saturated carbocycles. The monoisotopic (exact) mass is 268 g/mol. The molecule has 2 N–H and O–H groups in total. The van der Waals surface area contributed by atoms with Crippen molar-refractivity contribution in [2.75, 3.05) is 32.0 Å². The van der Waals surface area contributed by atoms with E-state index in [1.165, 1.54) is 11.3 Å². The highest BCUT2D eigenvalue weighted by Crippen LogP contribution is 2.32. The van der Waals surface area contributed by atoms with Gasteiger partial charge in [-0.15, -0.1) is 11.3 Å². The van der Waals surface area contributed by atoms with Crippen LogP contribution in [0.3, 0.4) is 0 Å². The lowest BCUT2D eigenvalue weighted by atomic mass is 10.0. The van der Waals surface area contributed by atoms with Crippen LogP contribution in [0.2, 0.25) is 0 Å². The molecular formula is C12H16N2O3S. The molecule has 2 aliphatic rings. The Balaban J connectivity index is 1.66. The van der Waals surface area contributed by atoms with Crippen molar-refractivity contribution in [1.82, 2.24) is 4.90 Å². The molecule has 6 heteroatoms. The molecule has 1 spiro atoms. The Morgan fingerprint density at radius 3 is 2.56 bits per heavy atom. The van der Waals surface area contributed by atoms with Gasteiger partial charge in [-0.1, -0.05) is 0 Å². The van der Waals surface area contributed by atoms with Gasteiger partial charge in [0.15, 0.2) is 5.79 Å². The minimum atomic E-state index is -0.433. The van der Waals surface area contributed by atoms with E-state index in [0.717, 1.165) is 12.8 Å². The second kappa shape index (κ2) is 4.53. The fourth-order valence-electron chi connectivity index (χ4n) is 2.47. The molecule has 0 radical (unpaired) electrons. The first-order valence-corrected chi connectivity index (χ1v) is 6.98. The summed E-state index contributed by atoms with van der Waals surface area (Å²) in [5.41, 5.74) is 6.35. The molecule has 0 aromatic carbocycles. The van der Waals surface area contributed by atoms with Crippen molar-refractivity contribution in [3.63, 3.8) is 0 Å². The number of carbonyl (C=O) groups excluding carboxylic acids is 1. The number of ether oxygens (including phenoxy) is 2. The standard InChI is InChI=1S/C12H16N2O3S/c13-9-1-8-18-10(9)11(15)14-4-2-12(3-5-14)16-6-7-17-12/h1,8H,2-7,13H2. The van der Waals surface area contributed by atoms with Crippen molar-refractivity contribution < 1.29 is 14.3 Å². The maximum atomic E-state index is 12.3. The fraction of sp³-hybridized carbons (Fsp3) is 0.583. The minimum absolute atomic E-state index is 0.0235. The van der Waals surface area contributed by atoms with Crippen LogP contribution in [0.1, 0.15) is 22.5 Å². The van der Waals surface area contributed by atoms with Gasteiger partial charge < -0.3 is 20.1 Å². The minimum Gasteiger partial charge on any atom is -0.397 e. The smallest absolute Gasteiger partial charge is 0.266 e. The number of piperidine rings is 1. The largest absolute Gasteiger partial charge is 0.397 e. The topological polar surface area (TPSA) is 64.8 Å². The van der Waals surface area contributed by atoms with E-state index in [9.17, 15) is 4.79 Å². The van der Waals surface area contributed by atoms with Crippen molar-refractivity contribution in [2.24, 2.45) is 0 Å². The second-order valence-electron chi connectivity index (χ2n) is 4.60. The van der Waals surface area contributed by atoms with E-state index in [1.807, 2.05) is 10.3 Å². The van der Waals surface area contributed by atoms with Crippen molar-refractivity contribution in [3.8, 4) is 0 Å². The lowest BCUT2D eigenvalue weighted by Gasteiger charge is -2.37. The van der Waals surface area contributed by atoms with Crippen LogP contribution in [0.15, 0.2) is 11.4 Å². The quantitative estimate of drug-likeness (QED) is 0.834. The number of hydrogen-bond donors (Lipinski definition) is 1. The molecule has 0 atom stereocenters. The summed E-state index contributed by atoms with van der Waals surface area (Å²) in [5, 5.41) is 1.84. The number of anilines is 1. The Kier molecular flexibility index (Phi) is 3.01. The van der Waals surface area contributed by atoms with E-state index in [-0.39, 0.29) is 5.91 Å². The summed E-state index contributed by atoms with van der Waals surface area (Å²) in [6.45, 7) is 2.64. The Bertz CT molecular complexity index is 444. The molecule has 1 amide bonds. The molecule has 98 valence electrons. The third kappa shape index (κ3) is 2.00. The molecule has 2 saturated heterocycles. The first-order valence-electron chi connectivity index (χ1n) is 6.10. The Morgan fingerprint density at radius 2 is 2.00 bits per heavy atom. The second-order valence-corrected chi connectivity index (χ2v) is 5.52. The van der Waals surface area contributed by atoms with Crippen LogP contribution in [-0.2, 0) is 9.47 Å². The molecule has 1 aromatic heterocycles. The number of carbonyl (C=O) groups is 1. The van der Waals surface area contributed by atoms with Gasteiger partial charge in [-0.2, -0.15) is 0 Å². The van der Waals surface area contributed by atoms with Crippen LogP contribution < -0.4 is 5.73 Å². The molecule has 18 heavy (non-hydrogen) atoms. The van der Waals surface area contributed by atoms with Crippen LogP contribution in [0, 0.1) is 0 Å². The van der Waals surface area contributed by atoms with Gasteiger partial charge in [-0.05, 0) is 11.4 Å². The SMILES string of the molecule is Nc1ccsc1C(=O)N1CCC2(CC1)OCCO2. The summed E-state index contributed by atoms with van der Waals surface area (Å²) in [6, 6.07) is 1.77. The first kappa shape index (κ1) is 12.0. The Hall–Kier alpha value is -1.11.